The number of amides is 1. The van der Waals surface area contributed by atoms with Gasteiger partial charge in [0.15, 0.2) is 0 Å². The fourth-order valence-corrected chi connectivity index (χ4v) is 1.79. The Balaban J connectivity index is 2.31. The molecule has 82 valence electrons. The monoisotopic (exact) mass is 208 g/mol. The molecule has 1 unspecified atom stereocenters. The molecule has 1 N–H and O–H groups in total. The first-order valence-electron chi connectivity index (χ1n) is 5.21. The van der Waals surface area contributed by atoms with Gasteiger partial charge in [0.25, 0.3) is 0 Å². The van der Waals surface area contributed by atoms with Crippen LogP contribution in [0, 0.1) is 5.92 Å². The number of fused-ring (bicyclic) bond motifs is 1. The van der Waals surface area contributed by atoms with E-state index >= 15 is 0 Å². The molecule has 0 aromatic carbocycles. The van der Waals surface area contributed by atoms with Crippen LogP contribution in [0.2, 0.25) is 0 Å². The zero-order chi connectivity index (χ0) is 11.0. The maximum Gasteiger partial charge on any atom is 0.226 e. The highest BCUT2D eigenvalue weighted by Crippen LogP contribution is 2.33. The van der Waals surface area contributed by atoms with Crippen molar-refractivity contribution in [3.8, 4) is 0 Å². The Bertz CT molecular complexity index is 370. The summed E-state index contributed by atoms with van der Waals surface area (Å²) in [5.41, 5.74) is 0.912. The molecule has 0 spiro atoms. The molecule has 0 saturated heterocycles. The molecule has 15 heavy (non-hydrogen) atoms. The number of anilines is 2. The second-order valence-corrected chi connectivity index (χ2v) is 4.26. The maximum atomic E-state index is 11.5. The molecule has 2 heterocycles. The van der Waals surface area contributed by atoms with Crippen LogP contribution in [0.25, 0.3) is 0 Å². The zero-order valence-electron chi connectivity index (χ0n) is 9.28. The third-order valence-corrected chi connectivity index (χ3v) is 2.79. The van der Waals surface area contributed by atoms with Gasteiger partial charge in [-0.05, 0) is 5.92 Å². The van der Waals surface area contributed by atoms with Crippen molar-refractivity contribution in [1.82, 2.24) is 0 Å². The van der Waals surface area contributed by atoms with E-state index in [1.807, 2.05) is 6.07 Å². The molecule has 0 aliphatic carbocycles. The summed E-state index contributed by atoms with van der Waals surface area (Å²) >= 11 is 0. The Hall–Kier alpha value is -1.45. The molecule has 2 rings (SSSR count). The van der Waals surface area contributed by atoms with E-state index in [1.165, 1.54) is 0 Å². The van der Waals surface area contributed by atoms with Crippen molar-refractivity contribution in [2.45, 2.75) is 26.8 Å². The normalized spacial score (nSPS) is 20.0. The molecule has 1 aromatic heterocycles. The van der Waals surface area contributed by atoms with Crippen LogP contribution in [-0.4, -0.2) is 18.5 Å². The number of carbonyl (C=O) groups excluding carboxylic acids is 1. The van der Waals surface area contributed by atoms with E-state index < -0.39 is 0 Å². The van der Waals surface area contributed by atoms with Crippen LogP contribution >= 0.6 is 0 Å². The number of hydrogen-bond donors (Lipinski definition) is 1. The summed E-state index contributed by atoms with van der Waals surface area (Å²) < 4.78 is 5.30. The number of furan rings is 1. The summed E-state index contributed by atoms with van der Waals surface area (Å²) in [5.74, 6) is 1.15. The van der Waals surface area contributed by atoms with Gasteiger partial charge in [-0.25, -0.2) is 0 Å². The van der Waals surface area contributed by atoms with Crippen LogP contribution < -0.4 is 10.2 Å². The third-order valence-electron chi connectivity index (χ3n) is 2.79. The zero-order valence-corrected chi connectivity index (χ0v) is 9.28. The largest absolute Gasteiger partial charge is 0.446 e. The van der Waals surface area contributed by atoms with Crippen molar-refractivity contribution in [3.05, 3.63) is 12.3 Å². The van der Waals surface area contributed by atoms with Crippen LogP contribution in [0.4, 0.5) is 11.6 Å². The van der Waals surface area contributed by atoms with E-state index in [2.05, 4.69) is 19.2 Å². The highest BCUT2D eigenvalue weighted by atomic mass is 16.3. The van der Waals surface area contributed by atoms with Gasteiger partial charge in [0.05, 0.1) is 12.0 Å². The Morgan fingerprint density at radius 1 is 1.67 bits per heavy atom. The molecule has 1 amide bonds. The van der Waals surface area contributed by atoms with E-state index in [4.69, 9.17) is 4.42 Å². The van der Waals surface area contributed by atoms with Crippen molar-refractivity contribution in [3.63, 3.8) is 0 Å². The molecular weight excluding hydrogens is 192 g/mol. The molecule has 1 atom stereocenters. The highest BCUT2D eigenvalue weighted by Gasteiger charge is 2.30. The minimum Gasteiger partial charge on any atom is -0.446 e. The van der Waals surface area contributed by atoms with E-state index in [9.17, 15) is 4.79 Å². The second-order valence-electron chi connectivity index (χ2n) is 4.26. The lowest BCUT2D eigenvalue weighted by Gasteiger charge is -2.34. The summed E-state index contributed by atoms with van der Waals surface area (Å²) in [5, 5.41) is 3.37. The Morgan fingerprint density at radius 2 is 2.40 bits per heavy atom. The van der Waals surface area contributed by atoms with Gasteiger partial charge in [-0.15, -0.1) is 0 Å². The minimum atomic E-state index is 0.0263. The molecular formula is C11H16N2O2. The van der Waals surface area contributed by atoms with Crippen LogP contribution in [0.5, 0.6) is 0 Å². The Labute approximate surface area is 89.2 Å². The Kier molecular flexibility index (Phi) is 2.42. The number of nitrogens with zero attached hydrogens (tertiary/aromatic N) is 1. The molecule has 0 bridgehead atoms. The van der Waals surface area contributed by atoms with Crippen LogP contribution in [0.3, 0.4) is 0 Å². The van der Waals surface area contributed by atoms with Crippen molar-refractivity contribution in [2.24, 2.45) is 5.92 Å². The predicted octanol–water partition coefficient (Wildman–Crippen LogP) is 2.08. The predicted molar refractivity (Wildman–Crippen MR) is 59.0 cm³/mol. The maximum absolute atomic E-state index is 11.5. The van der Waals surface area contributed by atoms with Gasteiger partial charge in [-0.1, -0.05) is 13.8 Å². The van der Waals surface area contributed by atoms with Gasteiger partial charge in [-0.2, -0.15) is 0 Å². The fraction of sp³-hybridized carbons (Fsp3) is 0.545. The number of rotatable bonds is 1. The third kappa shape index (κ3) is 1.71. The van der Waals surface area contributed by atoms with E-state index in [1.54, 1.807) is 18.1 Å². The van der Waals surface area contributed by atoms with Crippen molar-refractivity contribution < 1.29 is 9.21 Å². The average molecular weight is 208 g/mol. The smallest absolute Gasteiger partial charge is 0.226 e. The van der Waals surface area contributed by atoms with Gasteiger partial charge in [0.1, 0.15) is 0 Å². The fourth-order valence-electron chi connectivity index (χ4n) is 1.79. The number of hydrogen-bond acceptors (Lipinski definition) is 3. The molecule has 0 saturated carbocycles. The van der Waals surface area contributed by atoms with E-state index in [0.29, 0.717) is 24.4 Å². The Morgan fingerprint density at radius 3 is 3.00 bits per heavy atom. The summed E-state index contributed by atoms with van der Waals surface area (Å²) in [6.07, 6.45) is 1.61. The minimum absolute atomic E-state index is 0.0263. The first-order valence-corrected chi connectivity index (χ1v) is 5.21. The molecule has 4 heteroatoms. The molecule has 0 fully saturated rings. The van der Waals surface area contributed by atoms with Gasteiger partial charge in [-0.3, -0.25) is 9.69 Å². The van der Waals surface area contributed by atoms with Crippen LogP contribution in [0.1, 0.15) is 20.8 Å². The first kappa shape index (κ1) is 10.1. The first-order chi connectivity index (χ1) is 7.09. The quantitative estimate of drug-likeness (QED) is 0.768. The van der Waals surface area contributed by atoms with Crippen molar-refractivity contribution >= 4 is 17.5 Å². The van der Waals surface area contributed by atoms with Crippen molar-refractivity contribution in [2.75, 3.05) is 16.8 Å². The molecule has 4 nitrogen and oxygen atoms in total. The highest BCUT2D eigenvalue weighted by molar-refractivity contribution is 5.94. The number of nitrogens with one attached hydrogen (secondary N) is 1. The molecule has 1 aliphatic heterocycles. The lowest BCUT2D eigenvalue weighted by atomic mass is 10.0. The SMILES string of the molecule is CC(=O)N1CC(C(C)C)Nc2ccoc21. The second kappa shape index (κ2) is 3.61. The molecule has 1 aliphatic rings. The van der Waals surface area contributed by atoms with Gasteiger partial charge >= 0.3 is 0 Å². The molecule has 1 aromatic rings. The van der Waals surface area contributed by atoms with Crippen molar-refractivity contribution in [1.29, 1.82) is 0 Å². The average Bonchev–Trinajstić information content (AvgIpc) is 2.62. The molecule has 0 radical (unpaired) electrons. The lowest BCUT2D eigenvalue weighted by Crippen LogP contribution is -2.45. The van der Waals surface area contributed by atoms with Gasteiger partial charge in [0.2, 0.25) is 11.8 Å². The summed E-state index contributed by atoms with van der Waals surface area (Å²) in [4.78, 5) is 13.2. The van der Waals surface area contributed by atoms with Gasteiger partial charge < -0.3 is 9.73 Å². The van der Waals surface area contributed by atoms with E-state index in [0.717, 1.165) is 5.69 Å². The lowest BCUT2D eigenvalue weighted by molar-refractivity contribution is -0.116. The summed E-state index contributed by atoms with van der Waals surface area (Å²) in [7, 11) is 0. The van der Waals surface area contributed by atoms with Crippen LogP contribution in [-0.2, 0) is 4.79 Å². The van der Waals surface area contributed by atoms with Crippen LogP contribution in [0.15, 0.2) is 16.7 Å². The summed E-state index contributed by atoms with van der Waals surface area (Å²) in [6, 6.07) is 2.15. The summed E-state index contributed by atoms with van der Waals surface area (Å²) in [6.45, 7) is 6.52. The standard InChI is InChI=1S/C11H16N2O2/c1-7(2)10-6-13(8(3)14)11-9(12-10)4-5-15-11/h4-5,7,10,12H,6H2,1-3H3. The van der Waals surface area contributed by atoms with Gasteiger partial charge in [0, 0.05) is 25.6 Å². The van der Waals surface area contributed by atoms with E-state index in [-0.39, 0.29) is 5.91 Å². The topological polar surface area (TPSA) is 45.5 Å². The number of carbonyl (C=O) groups is 1.